The SMILES string of the molecule is Cc1cc(C(C)NC(C)c2ccc(C)s2)c(C)o1. The van der Waals surface area contributed by atoms with Crippen molar-refractivity contribution in [3.8, 4) is 0 Å². The zero-order chi connectivity index (χ0) is 13.3. The molecule has 0 saturated carbocycles. The molecule has 0 fully saturated rings. The molecule has 0 aromatic carbocycles. The Hall–Kier alpha value is -1.06. The lowest BCUT2D eigenvalue weighted by atomic mass is 10.1. The summed E-state index contributed by atoms with van der Waals surface area (Å²) in [5, 5.41) is 3.63. The molecular weight excluding hydrogens is 242 g/mol. The highest BCUT2D eigenvalue weighted by Gasteiger charge is 2.16. The Kier molecular flexibility index (Phi) is 3.93. The molecular formula is C15H21NOS. The fourth-order valence-electron chi connectivity index (χ4n) is 2.31. The predicted octanol–water partition coefficient (Wildman–Crippen LogP) is 4.68. The Morgan fingerprint density at radius 2 is 1.83 bits per heavy atom. The van der Waals surface area contributed by atoms with Crippen molar-refractivity contribution in [1.82, 2.24) is 5.32 Å². The highest BCUT2D eigenvalue weighted by molar-refractivity contribution is 7.12. The van der Waals surface area contributed by atoms with Crippen molar-refractivity contribution in [3.63, 3.8) is 0 Å². The van der Waals surface area contributed by atoms with E-state index >= 15 is 0 Å². The van der Waals surface area contributed by atoms with Crippen molar-refractivity contribution in [2.45, 2.75) is 46.7 Å². The van der Waals surface area contributed by atoms with Gasteiger partial charge in [0.2, 0.25) is 0 Å². The van der Waals surface area contributed by atoms with Crippen molar-refractivity contribution in [2.24, 2.45) is 0 Å². The van der Waals surface area contributed by atoms with Crippen molar-refractivity contribution in [3.05, 3.63) is 45.0 Å². The van der Waals surface area contributed by atoms with E-state index < -0.39 is 0 Å². The fraction of sp³-hybridized carbons (Fsp3) is 0.467. The second-order valence-electron chi connectivity index (χ2n) is 4.93. The van der Waals surface area contributed by atoms with Crippen LogP contribution in [0, 0.1) is 20.8 Å². The maximum absolute atomic E-state index is 5.59. The summed E-state index contributed by atoms with van der Waals surface area (Å²) < 4.78 is 5.59. The molecule has 2 aromatic rings. The summed E-state index contributed by atoms with van der Waals surface area (Å²) in [6, 6.07) is 7.18. The number of aryl methyl sites for hydroxylation is 3. The van der Waals surface area contributed by atoms with Crippen LogP contribution in [0.25, 0.3) is 0 Å². The molecule has 2 atom stereocenters. The Bertz CT molecular complexity index is 526. The minimum atomic E-state index is 0.305. The molecule has 2 aromatic heterocycles. The van der Waals surface area contributed by atoms with E-state index in [1.807, 2.05) is 25.2 Å². The van der Waals surface area contributed by atoms with Gasteiger partial charge in [0, 0.05) is 27.4 Å². The van der Waals surface area contributed by atoms with Gasteiger partial charge in [0.05, 0.1) is 0 Å². The second-order valence-corrected chi connectivity index (χ2v) is 6.25. The van der Waals surface area contributed by atoms with Crippen LogP contribution in [0.5, 0.6) is 0 Å². The summed E-state index contributed by atoms with van der Waals surface area (Å²) in [5.74, 6) is 2.00. The lowest BCUT2D eigenvalue weighted by Crippen LogP contribution is -2.21. The average Bonchev–Trinajstić information content (AvgIpc) is 2.84. The van der Waals surface area contributed by atoms with Gasteiger partial charge < -0.3 is 9.73 Å². The van der Waals surface area contributed by atoms with E-state index in [1.54, 1.807) is 0 Å². The lowest BCUT2D eigenvalue weighted by Gasteiger charge is -2.18. The van der Waals surface area contributed by atoms with Gasteiger partial charge in [0.15, 0.2) is 0 Å². The van der Waals surface area contributed by atoms with Crippen molar-refractivity contribution in [2.75, 3.05) is 0 Å². The topological polar surface area (TPSA) is 25.2 Å². The number of hydrogen-bond donors (Lipinski definition) is 1. The Labute approximate surface area is 113 Å². The van der Waals surface area contributed by atoms with Crippen LogP contribution in [0.4, 0.5) is 0 Å². The smallest absolute Gasteiger partial charge is 0.105 e. The summed E-state index contributed by atoms with van der Waals surface area (Å²) in [6.45, 7) is 10.6. The lowest BCUT2D eigenvalue weighted by molar-refractivity contribution is 0.471. The van der Waals surface area contributed by atoms with Gasteiger partial charge in [-0.25, -0.2) is 0 Å². The first-order chi connectivity index (χ1) is 8.47. The van der Waals surface area contributed by atoms with Gasteiger partial charge in [-0.15, -0.1) is 11.3 Å². The van der Waals surface area contributed by atoms with Crippen LogP contribution in [0.15, 0.2) is 22.6 Å². The summed E-state index contributed by atoms with van der Waals surface area (Å²) >= 11 is 1.86. The quantitative estimate of drug-likeness (QED) is 0.866. The zero-order valence-corrected chi connectivity index (χ0v) is 12.5. The fourth-order valence-corrected chi connectivity index (χ4v) is 3.20. The van der Waals surface area contributed by atoms with Crippen LogP contribution in [0.1, 0.15) is 52.8 Å². The van der Waals surface area contributed by atoms with Gasteiger partial charge in [0.25, 0.3) is 0 Å². The van der Waals surface area contributed by atoms with E-state index in [-0.39, 0.29) is 0 Å². The molecule has 98 valence electrons. The van der Waals surface area contributed by atoms with E-state index in [0.717, 1.165) is 11.5 Å². The molecule has 2 heterocycles. The number of furan rings is 1. The molecule has 0 radical (unpaired) electrons. The third-order valence-electron chi connectivity index (χ3n) is 3.23. The third-order valence-corrected chi connectivity index (χ3v) is 4.42. The van der Waals surface area contributed by atoms with Crippen molar-refractivity contribution >= 4 is 11.3 Å². The van der Waals surface area contributed by atoms with Crippen LogP contribution in [0.2, 0.25) is 0 Å². The van der Waals surface area contributed by atoms with Gasteiger partial charge in [-0.05, 0) is 52.8 Å². The molecule has 0 bridgehead atoms. The minimum absolute atomic E-state index is 0.305. The molecule has 0 aliphatic rings. The van der Waals surface area contributed by atoms with E-state index in [1.165, 1.54) is 15.3 Å². The molecule has 0 saturated heterocycles. The monoisotopic (exact) mass is 263 g/mol. The van der Waals surface area contributed by atoms with Crippen LogP contribution in [-0.2, 0) is 0 Å². The molecule has 2 unspecified atom stereocenters. The van der Waals surface area contributed by atoms with Crippen molar-refractivity contribution < 1.29 is 4.42 Å². The van der Waals surface area contributed by atoms with Gasteiger partial charge in [-0.3, -0.25) is 0 Å². The van der Waals surface area contributed by atoms with Crippen LogP contribution < -0.4 is 5.32 Å². The zero-order valence-electron chi connectivity index (χ0n) is 11.7. The van der Waals surface area contributed by atoms with Gasteiger partial charge in [-0.2, -0.15) is 0 Å². The molecule has 2 rings (SSSR count). The number of thiophene rings is 1. The molecule has 2 nitrogen and oxygen atoms in total. The minimum Gasteiger partial charge on any atom is -0.466 e. The summed E-state index contributed by atoms with van der Waals surface area (Å²) in [7, 11) is 0. The molecule has 1 N–H and O–H groups in total. The second kappa shape index (κ2) is 5.29. The first kappa shape index (κ1) is 13.4. The third kappa shape index (κ3) is 2.85. The van der Waals surface area contributed by atoms with Crippen LogP contribution in [0.3, 0.4) is 0 Å². The van der Waals surface area contributed by atoms with Crippen LogP contribution >= 0.6 is 11.3 Å². The van der Waals surface area contributed by atoms with Crippen LogP contribution in [-0.4, -0.2) is 0 Å². The van der Waals surface area contributed by atoms with E-state index in [0.29, 0.717) is 12.1 Å². The highest BCUT2D eigenvalue weighted by Crippen LogP contribution is 2.27. The van der Waals surface area contributed by atoms with Gasteiger partial charge >= 0.3 is 0 Å². The summed E-state index contributed by atoms with van der Waals surface area (Å²) in [5.41, 5.74) is 1.26. The standard InChI is InChI=1S/C15H21NOS/c1-9-8-14(13(5)17-9)11(3)16-12(4)15-7-6-10(2)18-15/h6-8,11-12,16H,1-5H3. The summed E-state index contributed by atoms with van der Waals surface area (Å²) in [6.07, 6.45) is 0. The van der Waals surface area contributed by atoms with Crippen molar-refractivity contribution in [1.29, 1.82) is 0 Å². The number of rotatable bonds is 4. The van der Waals surface area contributed by atoms with E-state index in [4.69, 9.17) is 4.42 Å². The molecule has 0 aliphatic heterocycles. The Balaban J connectivity index is 2.07. The van der Waals surface area contributed by atoms with E-state index in [9.17, 15) is 0 Å². The molecule has 0 aliphatic carbocycles. The molecule has 0 spiro atoms. The predicted molar refractivity (Wildman–Crippen MR) is 77.2 cm³/mol. The number of hydrogen-bond acceptors (Lipinski definition) is 3. The average molecular weight is 263 g/mol. The van der Waals surface area contributed by atoms with E-state index in [2.05, 4.69) is 44.3 Å². The first-order valence-electron chi connectivity index (χ1n) is 6.36. The maximum atomic E-state index is 5.59. The highest BCUT2D eigenvalue weighted by atomic mass is 32.1. The Morgan fingerprint density at radius 3 is 2.33 bits per heavy atom. The van der Waals surface area contributed by atoms with Gasteiger partial charge in [0.1, 0.15) is 11.5 Å². The molecule has 18 heavy (non-hydrogen) atoms. The normalized spacial score (nSPS) is 14.7. The Morgan fingerprint density at radius 1 is 1.11 bits per heavy atom. The first-order valence-corrected chi connectivity index (χ1v) is 7.18. The molecule has 3 heteroatoms. The largest absolute Gasteiger partial charge is 0.466 e. The summed E-state index contributed by atoms with van der Waals surface area (Å²) in [4.78, 5) is 2.75. The number of nitrogens with one attached hydrogen (secondary N) is 1. The van der Waals surface area contributed by atoms with Gasteiger partial charge in [-0.1, -0.05) is 0 Å². The maximum Gasteiger partial charge on any atom is 0.105 e. The molecule has 0 amide bonds.